The minimum Gasteiger partial charge on any atom is -0.292 e. The third-order valence-corrected chi connectivity index (χ3v) is 3.39. The molecule has 0 aromatic carbocycles. The van der Waals surface area contributed by atoms with Gasteiger partial charge in [-0.25, -0.2) is 4.79 Å². The number of rotatable bonds is 5. The molecule has 2 aliphatic rings. The lowest BCUT2D eigenvalue weighted by Crippen LogP contribution is -2.20. The Labute approximate surface area is 108 Å². The lowest BCUT2D eigenvalue weighted by Gasteiger charge is -2.18. The molecule has 0 fully saturated rings. The van der Waals surface area contributed by atoms with Crippen LogP contribution in [0.5, 0.6) is 0 Å². The van der Waals surface area contributed by atoms with Gasteiger partial charge in [0, 0.05) is 5.57 Å². The molecular weight excluding hydrogens is 228 g/mol. The summed E-state index contributed by atoms with van der Waals surface area (Å²) in [5, 5.41) is 0. The highest BCUT2D eigenvalue weighted by Gasteiger charge is 2.26. The second-order valence-corrected chi connectivity index (χ2v) is 4.97. The summed E-state index contributed by atoms with van der Waals surface area (Å²) in [7, 11) is 0. The summed E-state index contributed by atoms with van der Waals surface area (Å²) in [5.41, 5.74) is 2.85. The van der Waals surface area contributed by atoms with Crippen LogP contribution in [0.25, 0.3) is 0 Å². The zero-order valence-electron chi connectivity index (χ0n) is 10.9. The molecule has 2 rings (SSSR count). The van der Waals surface area contributed by atoms with Gasteiger partial charge in [0.05, 0.1) is 0 Å². The Morgan fingerprint density at radius 1 is 1.22 bits per heavy atom. The van der Waals surface area contributed by atoms with Gasteiger partial charge in [0.1, 0.15) is 6.10 Å². The molecule has 3 nitrogen and oxygen atoms in total. The van der Waals surface area contributed by atoms with Gasteiger partial charge in [-0.1, -0.05) is 18.7 Å². The molecule has 0 saturated heterocycles. The maximum Gasteiger partial charge on any atom is 0.368 e. The minimum atomic E-state index is -0.489. The summed E-state index contributed by atoms with van der Waals surface area (Å²) in [5.74, 6) is -0.489. The molecule has 0 aromatic heterocycles. The maximum absolute atomic E-state index is 11.4. The van der Waals surface area contributed by atoms with Crippen LogP contribution in [0.4, 0.5) is 0 Å². The van der Waals surface area contributed by atoms with Crippen molar-refractivity contribution in [1.29, 1.82) is 0 Å². The van der Waals surface area contributed by atoms with Crippen molar-refractivity contribution in [3.63, 3.8) is 0 Å². The van der Waals surface area contributed by atoms with Gasteiger partial charge in [0.25, 0.3) is 0 Å². The lowest BCUT2D eigenvalue weighted by atomic mass is 10.0. The van der Waals surface area contributed by atoms with Crippen molar-refractivity contribution in [1.82, 2.24) is 0 Å². The van der Waals surface area contributed by atoms with E-state index in [4.69, 9.17) is 9.78 Å². The Kier molecular flexibility index (Phi) is 4.37. The average Bonchev–Trinajstić information content (AvgIpc) is 3.01. The summed E-state index contributed by atoms with van der Waals surface area (Å²) in [6, 6.07) is 0. The lowest BCUT2D eigenvalue weighted by molar-refractivity contribution is -0.280. The molecule has 0 heterocycles. The van der Waals surface area contributed by atoms with E-state index < -0.39 is 5.97 Å². The predicted octanol–water partition coefficient (Wildman–Crippen LogP) is 3.63. The molecule has 0 unspecified atom stereocenters. The molecular formula is C15H20O3. The van der Waals surface area contributed by atoms with E-state index in [2.05, 4.69) is 18.7 Å². The number of carbonyl (C=O) groups excluding carboxylic acids is 1. The van der Waals surface area contributed by atoms with Crippen molar-refractivity contribution in [2.75, 3.05) is 0 Å². The van der Waals surface area contributed by atoms with Crippen LogP contribution < -0.4 is 0 Å². The third kappa shape index (κ3) is 3.10. The van der Waals surface area contributed by atoms with Crippen LogP contribution in [0.15, 0.2) is 35.5 Å². The van der Waals surface area contributed by atoms with Crippen LogP contribution >= 0.6 is 0 Å². The van der Waals surface area contributed by atoms with Gasteiger partial charge in [0.2, 0.25) is 0 Å². The Morgan fingerprint density at radius 3 is 2.17 bits per heavy atom. The summed E-state index contributed by atoms with van der Waals surface area (Å²) >= 11 is 0. The summed E-state index contributed by atoms with van der Waals surface area (Å²) in [6.07, 6.45) is 10.8. The van der Waals surface area contributed by atoms with Gasteiger partial charge in [0.15, 0.2) is 0 Å². The third-order valence-electron chi connectivity index (χ3n) is 3.39. The smallest absolute Gasteiger partial charge is 0.292 e. The second kappa shape index (κ2) is 6.01. The van der Waals surface area contributed by atoms with Crippen molar-refractivity contribution in [3.8, 4) is 0 Å². The van der Waals surface area contributed by atoms with E-state index in [1.807, 2.05) is 0 Å². The number of hydrogen-bond donors (Lipinski definition) is 0. The van der Waals surface area contributed by atoms with E-state index in [0.29, 0.717) is 5.57 Å². The molecule has 0 atom stereocenters. The van der Waals surface area contributed by atoms with Gasteiger partial charge in [-0.3, -0.25) is 4.89 Å². The molecule has 0 saturated carbocycles. The zero-order valence-corrected chi connectivity index (χ0v) is 10.9. The van der Waals surface area contributed by atoms with Crippen molar-refractivity contribution in [3.05, 3.63) is 35.5 Å². The first kappa shape index (κ1) is 13.1. The highest BCUT2D eigenvalue weighted by molar-refractivity contribution is 5.86. The van der Waals surface area contributed by atoms with Gasteiger partial charge < -0.3 is 0 Å². The van der Waals surface area contributed by atoms with Gasteiger partial charge in [-0.2, -0.15) is 4.89 Å². The molecule has 18 heavy (non-hydrogen) atoms. The van der Waals surface area contributed by atoms with Crippen molar-refractivity contribution in [2.45, 2.75) is 51.6 Å². The first-order chi connectivity index (χ1) is 8.68. The van der Waals surface area contributed by atoms with E-state index in [1.165, 1.54) is 11.1 Å². The van der Waals surface area contributed by atoms with E-state index in [-0.39, 0.29) is 6.10 Å². The molecule has 0 bridgehead atoms. The van der Waals surface area contributed by atoms with Crippen LogP contribution in [-0.4, -0.2) is 12.1 Å². The van der Waals surface area contributed by atoms with Crippen LogP contribution in [0, 0.1) is 0 Å². The molecule has 2 aliphatic carbocycles. The van der Waals surface area contributed by atoms with Crippen molar-refractivity contribution < 1.29 is 14.6 Å². The zero-order chi connectivity index (χ0) is 13.0. The normalized spacial score (nSPS) is 18.8. The molecule has 98 valence electrons. The first-order valence-corrected chi connectivity index (χ1v) is 6.59. The first-order valence-electron chi connectivity index (χ1n) is 6.59. The topological polar surface area (TPSA) is 35.5 Å². The molecule has 3 heteroatoms. The van der Waals surface area contributed by atoms with Crippen molar-refractivity contribution in [2.24, 2.45) is 0 Å². The second-order valence-electron chi connectivity index (χ2n) is 4.97. The summed E-state index contributed by atoms with van der Waals surface area (Å²) in [4.78, 5) is 21.6. The van der Waals surface area contributed by atoms with E-state index in [1.54, 1.807) is 6.92 Å². The standard InChI is InChI=1S/C15H20O3/c1-11(2)15(16)18-17-14(12-7-3-4-8-12)13-9-5-6-10-13/h7,9,14H,1,3-6,8,10H2,2H3. The number of carbonyl (C=O) groups is 1. The Bertz CT molecular complexity index is 380. The van der Waals surface area contributed by atoms with Crippen LogP contribution in [-0.2, 0) is 14.6 Å². The largest absolute Gasteiger partial charge is 0.368 e. The Hall–Kier alpha value is -1.35. The van der Waals surface area contributed by atoms with E-state index in [0.717, 1.165) is 38.5 Å². The Balaban J connectivity index is 2.00. The van der Waals surface area contributed by atoms with Crippen LogP contribution in [0.2, 0.25) is 0 Å². The summed E-state index contributed by atoms with van der Waals surface area (Å²) in [6.45, 7) is 5.16. The fourth-order valence-electron chi connectivity index (χ4n) is 2.39. The fourth-order valence-corrected chi connectivity index (χ4v) is 2.39. The molecule has 0 spiro atoms. The van der Waals surface area contributed by atoms with Crippen LogP contribution in [0.3, 0.4) is 0 Å². The average molecular weight is 248 g/mol. The highest BCUT2D eigenvalue weighted by atomic mass is 17.2. The monoisotopic (exact) mass is 248 g/mol. The summed E-state index contributed by atoms with van der Waals surface area (Å²) < 4.78 is 0. The Morgan fingerprint density at radius 2 is 1.78 bits per heavy atom. The number of allylic oxidation sites excluding steroid dienone is 2. The molecule has 0 amide bonds. The van der Waals surface area contributed by atoms with Crippen LogP contribution in [0.1, 0.15) is 45.4 Å². The highest BCUT2D eigenvalue weighted by Crippen LogP contribution is 2.32. The minimum absolute atomic E-state index is 0.168. The molecule has 0 aliphatic heterocycles. The van der Waals surface area contributed by atoms with E-state index >= 15 is 0 Å². The van der Waals surface area contributed by atoms with Gasteiger partial charge in [-0.05, 0) is 56.6 Å². The fraction of sp³-hybridized carbons (Fsp3) is 0.533. The van der Waals surface area contributed by atoms with Crippen molar-refractivity contribution >= 4 is 5.97 Å². The quantitative estimate of drug-likeness (QED) is 0.322. The molecule has 0 aromatic rings. The predicted molar refractivity (Wildman–Crippen MR) is 69.6 cm³/mol. The maximum atomic E-state index is 11.4. The van der Waals surface area contributed by atoms with Gasteiger partial charge in [-0.15, -0.1) is 0 Å². The molecule has 0 N–H and O–H groups in total. The molecule has 0 radical (unpaired) electrons. The SMILES string of the molecule is C=C(C)C(=O)OOC(C1=CCCC1)C1=CCCC1. The van der Waals surface area contributed by atoms with Gasteiger partial charge >= 0.3 is 5.97 Å². The number of hydrogen-bond acceptors (Lipinski definition) is 3. The van der Waals surface area contributed by atoms with E-state index in [9.17, 15) is 4.79 Å².